The Kier molecular flexibility index (Phi) is 6.75. The van der Waals surface area contributed by atoms with Gasteiger partial charge in [0.15, 0.2) is 6.29 Å². The third-order valence-electron chi connectivity index (χ3n) is 5.43. The minimum Gasteiger partial charge on any atom is -0.465 e. The first kappa shape index (κ1) is 23.6. The number of aliphatic imine (C=N–C) groups is 1. The summed E-state index contributed by atoms with van der Waals surface area (Å²) in [6.07, 6.45) is -0.308. The van der Waals surface area contributed by atoms with E-state index in [1.165, 1.54) is 18.2 Å². The van der Waals surface area contributed by atoms with Gasteiger partial charge in [-0.2, -0.15) is 0 Å². The molecule has 0 radical (unpaired) electrons. The maximum Gasteiger partial charge on any atom is 0.340 e. The van der Waals surface area contributed by atoms with E-state index in [2.05, 4.69) is 4.99 Å². The zero-order valence-corrected chi connectivity index (χ0v) is 18.6. The van der Waals surface area contributed by atoms with E-state index in [-0.39, 0.29) is 35.5 Å². The van der Waals surface area contributed by atoms with Gasteiger partial charge in [-0.1, -0.05) is 25.1 Å². The molecule has 0 aromatic heterocycles. The summed E-state index contributed by atoms with van der Waals surface area (Å²) in [6, 6.07) is 5.96. The smallest absolute Gasteiger partial charge is 0.340 e. The molecule has 0 bridgehead atoms. The molecule has 0 amide bonds. The van der Waals surface area contributed by atoms with E-state index in [0.717, 1.165) is 0 Å². The molecule has 10 nitrogen and oxygen atoms in total. The maximum absolute atomic E-state index is 13.3. The van der Waals surface area contributed by atoms with E-state index < -0.39 is 41.0 Å². The molecule has 0 N–H and O–H groups in total. The molecule has 2 aliphatic rings. The second-order valence-electron chi connectivity index (χ2n) is 7.51. The third-order valence-corrected chi connectivity index (χ3v) is 5.43. The Hall–Kier alpha value is -3.11. The molecule has 2 heterocycles. The fourth-order valence-electron chi connectivity index (χ4n) is 4.09. The average molecular weight is 446 g/mol. The first-order valence-electron chi connectivity index (χ1n) is 10.4. The first-order chi connectivity index (χ1) is 15.1. The third kappa shape index (κ3) is 4.28. The number of hydrogen-bond acceptors (Lipinski definition) is 9. The van der Waals surface area contributed by atoms with Crippen LogP contribution in [0.1, 0.15) is 52.5 Å². The van der Waals surface area contributed by atoms with Crippen LogP contribution in [0.5, 0.6) is 0 Å². The van der Waals surface area contributed by atoms with E-state index in [1.807, 2.05) is 0 Å². The van der Waals surface area contributed by atoms with Crippen LogP contribution < -0.4 is 0 Å². The van der Waals surface area contributed by atoms with E-state index >= 15 is 0 Å². The standard InChI is InChI=1S/C22H26N2O8/c1-6-22(30-14(5)31-22)32-21(26)18-13(4)23-12(3)17(20(25)29-7-2)19(18)15-10-8-9-11-16(15)24(27)28/h8-11,14,17,19H,6-7H2,1-5H3. The Morgan fingerprint density at radius 2 is 1.88 bits per heavy atom. The Morgan fingerprint density at radius 3 is 2.44 bits per heavy atom. The molecule has 10 heteroatoms. The van der Waals surface area contributed by atoms with Crippen LogP contribution in [-0.4, -0.2) is 41.4 Å². The Balaban J connectivity index is 2.14. The maximum atomic E-state index is 13.3. The number of nitrogens with zero attached hydrogens (tertiary/aromatic N) is 2. The summed E-state index contributed by atoms with van der Waals surface area (Å²) >= 11 is 0. The molecular weight excluding hydrogens is 420 g/mol. The van der Waals surface area contributed by atoms with Crippen LogP contribution in [0.4, 0.5) is 5.69 Å². The van der Waals surface area contributed by atoms with Crippen molar-refractivity contribution in [1.29, 1.82) is 0 Å². The Labute approximate surface area is 185 Å². The van der Waals surface area contributed by atoms with Gasteiger partial charge in [0, 0.05) is 35.4 Å². The lowest BCUT2D eigenvalue weighted by molar-refractivity contribution is -0.523. The number of ether oxygens (including phenoxy) is 4. The fraction of sp³-hybridized carbons (Fsp3) is 0.500. The highest BCUT2D eigenvalue weighted by Gasteiger charge is 2.51. The van der Waals surface area contributed by atoms with Crippen molar-refractivity contribution in [1.82, 2.24) is 0 Å². The summed E-state index contributed by atoms with van der Waals surface area (Å²) in [7, 11) is 0. The van der Waals surface area contributed by atoms with Gasteiger partial charge in [-0.3, -0.25) is 29.4 Å². The van der Waals surface area contributed by atoms with Gasteiger partial charge in [0.2, 0.25) is 0 Å². The summed E-state index contributed by atoms with van der Waals surface area (Å²) in [6.45, 7) is 8.36. The van der Waals surface area contributed by atoms with Crippen LogP contribution in [0.15, 0.2) is 40.5 Å². The number of para-hydroxylation sites is 1. The Morgan fingerprint density at radius 1 is 1.22 bits per heavy atom. The van der Waals surface area contributed by atoms with E-state index in [9.17, 15) is 19.7 Å². The number of esters is 2. The predicted molar refractivity (Wildman–Crippen MR) is 113 cm³/mol. The van der Waals surface area contributed by atoms with Gasteiger partial charge in [-0.15, -0.1) is 0 Å². The van der Waals surface area contributed by atoms with Crippen molar-refractivity contribution in [3.8, 4) is 0 Å². The van der Waals surface area contributed by atoms with Crippen molar-refractivity contribution in [3.63, 3.8) is 0 Å². The summed E-state index contributed by atoms with van der Waals surface area (Å²) in [4.78, 5) is 41.8. The molecule has 32 heavy (non-hydrogen) atoms. The van der Waals surface area contributed by atoms with Crippen molar-refractivity contribution < 1.29 is 33.5 Å². The number of allylic oxidation sites excluding steroid dienone is 1. The number of hydrogen-bond donors (Lipinski definition) is 0. The van der Waals surface area contributed by atoms with Crippen molar-refractivity contribution in [2.75, 3.05) is 6.61 Å². The monoisotopic (exact) mass is 446 g/mol. The quantitative estimate of drug-likeness (QED) is 0.353. The van der Waals surface area contributed by atoms with E-state index in [1.54, 1.807) is 40.7 Å². The number of benzene rings is 1. The zero-order chi connectivity index (χ0) is 23.6. The van der Waals surface area contributed by atoms with Crippen molar-refractivity contribution >= 4 is 23.3 Å². The molecule has 1 aromatic carbocycles. The van der Waals surface area contributed by atoms with Crippen LogP contribution in [0.3, 0.4) is 0 Å². The molecule has 0 spiro atoms. The highest BCUT2D eigenvalue weighted by molar-refractivity contribution is 6.07. The largest absolute Gasteiger partial charge is 0.465 e. The van der Waals surface area contributed by atoms with Crippen LogP contribution >= 0.6 is 0 Å². The lowest BCUT2D eigenvalue weighted by Gasteiger charge is -2.44. The van der Waals surface area contributed by atoms with Crippen LogP contribution in [0.25, 0.3) is 0 Å². The summed E-state index contributed by atoms with van der Waals surface area (Å²) in [5, 5.41) is 11.8. The lowest BCUT2D eigenvalue weighted by Crippen LogP contribution is -2.55. The molecule has 1 saturated heterocycles. The van der Waals surface area contributed by atoms with Crippen LogP contribution in [-0.2, 0) is 28.5 Å². The van der Waals surface area contributed by atoms with Crippen molar-refractivity contribution in [2.24, 2.45) is 10.9 Å². The molecule has 172 valence electrons. The lowest BCUT2D eigenvalue weighted by atomic mass is 9.75. The number of carbonyl (C=O) groups is 2. The van der Waals surface area contributed by atoms with E-state index in [0.29, 0.717) is 5.71 Å². The molecule has 3 rings (SSSR count). The van der Waals surface area contributed by atoms with Crippen LogP contribution in [0.2, 0.25) is 0 Å². The second kappa shape index (κ2) is 9.17. The SMILES string of the molecule is CCOC(=O)C1C(C)=NC(C)=C(C(=O)OC2(CC)OC(C)O2)C1c1ccccc1[N+](=O)[O-]. The molecule has 2 atom stereocenters. The minimum atomic E-state index is -1.55. The van der Waals surface area contributed by atoms with Crippen molar-refractivity contribution in [3.05, 3.63) is 51.2 Å². The average Bonchev–Trinajstić information content (AvgIpc) is 2.71. The van der Waals surface area contributed by atoms with Gasteiger partial charge in [0.1, 0.15) is 5.92 Å². The number of nitro benzene ring substituents is 1. The predicted octanol–water partition coefficient (Wildman–Crippen LogP) is 3.61. The topological polar surface area (TPSA) is 127 Å². The summed E-state index contributed by atoms with van der Waals surface area (Å²) in [5.74, 6) is -5.09. The van der Waals surface area contributed by atoms with Gasteiger partial charge in [-0.25, -0.2) is 4.79 Å². The molecule has 1 aromatic rings. The zero-order valence-electron chi connectivity index (χ0n) is 18.6. The highest BCUT2D eigenvalue weighted by atomic mass is 17.0. The van der Waals surface area contributed by atoms with Gasteiger partial charge >= 0.3 is 17.9 Å². The van der Waals surface area contributed by atoms with Crippen molar-refractivity contribution in [2.45, 2.75) is 59.2 Å². The summed E-state index contributed by atoms with van der Waals surface area (Å²) < 4.78 is 21.7. The van der Waals surface area contributed by atoms with Crippen LogP contribution in [0, 0.1) is 16.0 Å². The number of rotatable bonds is 7. The summed E-state index contributed by atoms with van der Waals surface area (Å²) in [5.41, 5.74) is 0.646. The van der Waals surface area contributed by atoms with E-state index in [4.69, 9.17) is 18.9 Å². The minimum absolute atomic E-state index is 0.0162. The number of carbonyl (C=O) groups excluding carboxylic acids is 2. The molecule has 0 saturated carbocycles. The normalized spacial score (nSPS) is 27.3. The van der Waals surface area contributed by atoms with Gasteiger partial charge in [-0.05, 0) is 27.7 Å². The molecule has 2 aliphatic heterocycles. The molecule has 2 unspecified atom stereocenters. The van der Waals surface area contributed by atoms with Gasteiger partial charge in [0.25, 0.3) is 5.69 Å². The molecule has 1 fully saturated rings. The fourth-order valence-corrected chi connectivity index (χ4v) is 4.09. The van der Waals surface area contributed by atoms with Gasteiger partial charge < -0.3 is 9.47 Å². The number of nitro groups is 1. The Bertz CT molecular complexity index is 993. The first-order valence-corrected chi connectivity index (χ1v) is 10.4. The van der Waals surface area contributed by atoms with Gasteiger partial charge in [0.05, 0.1) is 17.1 Å². The molecular formula is C22H26N2O8. The second-order valence-corrected chi connectivity index (χ2v) is 7.51. The highest BCUT2D eigenvalue weighted by Crippen LogP contribution is 2.44. The molecule has 0 aliphatic carbocycles.